The van der Waals surface area contributed by atoms with Gasteiger partial charge in [-0.3, -0.25) is 4.79 Å². The summed E-state index contributed by atoms with van der Waals surface area (Å²) in [5, 5.41) is 1.35. The molecule has 0 bridgehead atoms. The van der Waals surface area contributed by atoms with Crippen LogP contribution in [-0.4, -0.2) is 15.9 Å². The summed E-state index contributed by atoms with van der Waals surface area (Å²) in [4.78, 5) is 31.8. The number of para-hydroxylation sites is 2. The Labute approximate surface area is 148 Å². The van der Waals surface area contributed by atoms with E-state index in [0.717, 1.165) is 10.9 Å². The van der Waals surface area contributed by atoms with Gasteiger partial charge in [0.05, 0.1) is 10.9 Å². The Kier molecular flexibility index (Phi) is 3.80. The number of aromatic nitrogens is 2. The number of aromatic amines is 1. The van der Waals surface area contributed by atoms with E-state index in [0.29, 0.717) is 16.5 Å². The lowest BCUT2D eigenvalue weighted by Gasteiger charge is -2.12. The van der Waals surface area contributed by atoms with Crippen molar-refractivity contribution in [3.63, 3.8) is 0 Å². The van der Waals surface area contributed by atoms with Gasteiger partial charge in [0.2, 0.25) is 5.76 Å². The number of furan rings is 1. The van der Waals surface area contributed by atoms with Crippen molar-refractivity contribution in [2.45, 2.75) is 20.0 Å². The molecule has 4 rings (SSSR count). The minimum Gasteiger partial charge on any atom is -0.449 e. The first-order valence-electron chi connectivity index (χ1n) is 8.22. The zero-order chi connectivity index (χ0) is 18.3. The van der Waals surface area contributed by atoms with Gasteiger partial charge in [-0.25, -0.2) is 9.78 Å². The second-order valence-electron chi connectivity index (χ2n) is 6.07. The van der Waals surface area contributed by atoms with Gasteiger partial charge >= 0.3 is 5.97 Å². The van der Waals surface area contributed by atoms with Gasteiger partial charge in [-0.15, -0.1) is 0 Å². The van der Waals surface area contributed by atoms with E-state index >= 15 is 0 Å². The number of carbonyl (C=O) groups excluding carboxylic acids is 1. The molecule has 130 valence electrons. The van der Waals surface area contributed by atoms with Crippen LogP contribution in [-0.2, 0) is 4.74 Å². The van der Waals surface area contributed by atoms with E-state index in [1.54, 1.807) is 37.3 Å². The van der Waals surface area contributed by atoms with Crippen molar-refractivity contribution in [1.29, 1.82) is 0 Å². The quantitative estimate of drug-likeness (QED) is 0.568. The number of aryl methyl sites for hydroxylation is 1. The number of benzene rings is 2. The van der Waals surface area contributed by atoms with Gasteiger partial charge < -0.3 is 14.1 Å². The number of H-pyrrole nitrogens is 1. The summed E-state index contributed by atoms with van der Waals surface area (Å²) in [5.41, 5.74) is 1.63. The molecule has 0 aliphatic heterocycles. The van der Waals surface area contributed by atoms with E-state index in [1.165, 1.54) is 0 Å². The van der Waals surface area contributed by atoms with Crippen LogP contribution >= 0.6 is 0 Å². The SMILES string of the molecule is Cc1c(C(=O)O[C@@H](C)c2nc3ccccc3c(=O)[nH]2)oc2ccccc12. The van der Waals surface area contributed by atoms with Crippen LogP contribution in [0.5, 0.6) is 0 Å². The molecule has 1 atom stereocenters. The molecule has 0 saturated heterocycles. The molecule has 2 aromatic carbocycles. The molecule has 2 heterocycles. The zero-order valence-electron chi connectivity index (χ0n) is 14.3. The molecule has 2 aromatic heterocycles. The van der Waals surface area contributed by atoms with Crippen molar-refractivity contribution in [3.05, 3.63) is 76.0 Å². The Hall–Kier alpha value is -3.41. The van der Waals surface area contributed by atoms with Gasteiger partial charge in [0.25, 0.3) is 5.56 Å². The van der Waals surface area contributed by atoms with Gasteiger partial charge in [-0.1, -0.05) is 30.3 Å². The second kappa shape index (κ2) is 6.15. The van der Waals surface area contributed by atoms with Crippen LogP contribution in [0.1, 0.15) is 35.0 Å². The fourth-order valence-electron chi connectivity index (χ4n) is 2.94. The van der Waals surface area contributed by atoms with Crippen molar-refractivity contribution in [2.75, 3.05) is 0 Å². The van der Waals surface area contributed by atoms with Crippen molar-refractivity contribution < 1.29 is 13.9 Å². The van der Waals surface area contributed by atoms with Crippen LogP contribution in [0.25, 0.3) is 21.9 Å². The Bertz CT molecular complexity index is 1190. The van der Waals surface area contributed by atoms with Crippen molar-refractivity contribution in [3.8, 4) is 0 Å². The number of hydrogen-bond acceptors (Lipinski definition) is 5. The molecule has 0 spiro atoms. The predicted octanol–water partition coefficient (Wildman–Crippen LogP) is 3.90. The summed E-state index contributed by atoms with van der Waals surface area (Å²) < 4.78 is 11.1. The summed E-state index contributed by atoms with van der Waals surface area (Å²) in [5.74, 6) is -0.154. The summed E-state index contributed by atoms with van der Waals surface area (Å²) in [6.07, 6.45) is -0.729. The van der Waals surface area contributed by atoms with E-state index in [4.69, 9.17) is 9.15 Å². The Morgan fingerprint density at radius 3 is 2.58 bits per heavy atom. The maximum atomic E-state index is 12.5. The topological polar surface area (TPSA) is 85.2 Å². The number of carbonyl (C=O) groups is 1. The fourth-order valence-corrected chi connectivity index (χ4v) is 2.94. The fraction of sp³-hybridized carbons (Fsp3) is 0.150. The van der Waals surface area contributed by atoms with Gasteiger partial charge in [-0.05, 0) is 32.0 Å². The first-order valence-corrected chi connectivity index (χ1v) is 8.22. The lowest BCUT2D eigenvalue weighted by atomic mass is 10.1. The van der Waals surface area contributed by atoms with Crippen LogP contribution in [0.4, 0.5) is 0 Å². The molecule has 6 nitrogen and oxygen atoms in total. The lowest BCUT2D eigenvalue weighted by Crippen LogP contribution is -2.17. The first-order chi connectivity index (χ1) is 12.5. The van der Waals surface area contributed by atoms with Crippen molar-refractivity contribution in [2.24, 2.45) is 0 Å². The van der Waals surface area contributed by atoms with E-state index in [2.05, 4.69) is 9.97 Å². The average molecular weight is 348 g/mol. The van der Waals surface area contributed by atoms with Gasteiger partial charge in [-0.2, -0.15) is 0 Å². The number of fused-ring (bicyclic) bond motifs is 2. The zero-order valence-corrected chi connectivity index (χ0v) is 14.3. The summed E-state index contributed by atoms with van der Waals surface area (Å²) in [6, 6.07) is 14.4. The molecule has 26 heavy (non-hydrogen) atoms. The van der Waals surface area contributed by atoms with Crippen LogP contribution in [0.3, 0.4) is 0 Å². The molecule has 0 radical (unpaired) electrons. The summed E-state index contributed by atoms with van der Waals surface area (Å²) in [6.45, 7) is 3.46. The summed E-state index contributed by atoms with van der Waals surface area (Å²) in [7, 11) is 0. The highest BCUT2D eigenvalue weighted by Crippen LogP contribution is 2.27. The number of ether oxygens (including phenoxy) is 1. The van der Waals surface area contributed by atoms with Crippen LogP contribution in [0, 0.1) is 6.92 Å². The van der Waals surface area contributed by atoms with E-state index in [1.807, 2.05) is 25.1 Å². The predicted molar refractivity (Wildman–Crippen MR) is 97.1 cm³/mol. The number of esters is 1. The van der Waals surface area contributed by atoms with Crippen LogP contribution < -0.4 is 5.56 Å². The minimum atomic E-state index is -0.729. The molecule has 0 aliphatic rings. The molecule has 0 fully saturated rings. The van der Waals surface area contributed by atoms with Gasteiger partial charge in [0.1, 0.15) is 5.58 Å². The second-order valence-corrected chi connectivity index (χ2v) is 6.07. The van der Waals surface area contributed by atoms with Crippen molar-refractivity contribution >= 4 is 27.8 Å². The van der Waals surface area contributed by atoms with E-state index < -0.39 is 12.1 Å². The van der Waals surface area contributed by atoms with E-state index in [9.17, 15) is 9.59 Å². The largest absolute Gasteiger partial charge is 0.449 e. The third kappa shape index (κ3) is 2.65. The third-order valence-electron chi connectivity index (χ3n) is 4.33. The molecular weight excluding hydrogens is 332 g/mol. The number of nitrogens with zero attached hydrogens (tertiary/aromatic N) is 1. The minimum absolute atomic E-state index is 0.154. The number of rotatable bonds is 3. The van der Waals surface area contributed by atoms with E-state index in [-0.39, 0.29) is 17.1 Å². The maximum Gasteiger partial charge on any atom is 0.375 e. The molecule has 0 aliphatic carbocycles. The molecule has 6 heteroatoms. The molecule has 0 unspecified atom stereocenters. The highest BCUT2D eigenvalue weighted by molar-refractivity contribution is 5.95. The van der Waals surface area contributed by atoms with Gasteiger partial charge in [0, 0.05) is 10.9 Å². The number of hydrogen-bond donors (Lipinski definition) is 1. The van der Waals surface area contributed by atoms with Crippen LogP contribution in [0.2, 0.25) is 0 Å². The Morgan fingerprint density at radius 1 is 1.12 bits per heavy atom. The average Bonchev–Trinajstić information content (AvgIpc) is 2.99. The standard InChI is InChI=1S/C20H16N2O4/c1-11-13-7-4-6-10-16(13)26-17(11)20(24)25-12(2)18-21-15-9-5-3-8-14(15)19(23)22-18/h3-10,12H,1-2H3,(H,21,22,23)/t12-/m0/s1. The maximum absolute atomic E-state index is 12.5. The summed E-state index contributed by atoms with van der Waals surface area (Å²) >= 11 is 0. The number of nitrogens with one attached hydrogen (secondary N) is 1. The normalized spacial score (nSPS) is 12.4. The van der Waals surface area contributed by atoms with Crippen LogP contribution in [0.15, 0.2) is 57.7 Å². The molecule has 0 amide bonds. The monoisotopic (exact) mass is 348 g/mol. The first kappa shape index (κ1) is 16.1. The molecule has 0 saturated carbocycles. The lowest BCUT2D eigenvalue weighted by molar-refractivity contribution is 0.0285. The third-order valence-corrected chi connectivity index (χ3v) is 4.33. The van der Waals surface area contributed by atoms with Crippen molar-refractivity contribution in [1.82, 2.24) is 9.97 Å². The van der Waals surface area contributed by atoms with Gasteiger partial charge in [0.15, 0.2) is 11.9 Å². The molecule has 1 N–H and O–H groups in total. The Morgan fingerprint density at radius 2 is 1.81 bits per heavy atom. The highest BCUT2D eigenvalue weighted by Gasteiger charge is 2.22. The molecular formula is C20H16N2O4. The Balaban J connectivity index is 1.65. The smallest absolute Gasteiger partial charge is 0.375 e. The highest BCUT2D eigenvalue weighted by atomic mass is 16.6. The molecule has 4 aromatic rings.